The Morgan fingerprint density at radius 3 is 0.894 bits per heavy atom. The van der Waals surface area contributed by atoms with Gasteiger partial charge in [0.05, 0.1) is 26.4 Å². The normalized spacial score (nSPS) is 14.6. The quantitative estimate of drug-likeness (QED) is 0.0222. The molecule has 17 nitrogen and oxygen atoms in total. The first-order valence-corrected chi connectivity index (χ1v) is 37.5. The molecule has 0 saturated heterocycles. The summed E-state index contributed by atoms with van der Waals surface area (Å²) in [5.74, 6) is -0.569. The van der Waals surface area contributed by atoms with Gasteiger partial charge in [0.1, 0.15) is 19.3 Å². The van der Waals surface area contributed by atoms with Crippen molar-refractivity contribution in [3.8, 4) is 0 Å². The van der Waals surface area contributed by atoms with Crippen LogP contribution < -0.4 is 0 Å². The molecule has 3 unspecified atom stereocenters. The molecule has 0 aromatic carbocycles. The van der Waals surface area contributed by atoms with Crippen LogP contribution in [0.25, 0.3) is 0 Å². The molecule has 0 rings (SSSR count). The van der Waals surface area contributed by atoms with Crippen molar-refractivity contribution in [2.24, 2.45) is 11.8 Å². The molecule has 0 amide bonds. The molecule has 0 aliphatic carbocycles. The van der Waals surface area contributed by atoms with Crippen LogP contribution in [0.5, 0.6) is 0 Å². The number of hydrogen-bond donors (Lipinski definition) is 3. The van der Waals surface area contributed by atoms with Gasteiger partial charge in [-0.15, -0.1) is 0 Å². The Hall–Kier alpha value is -1.94. The van der Waals surface area contributed by atoms with Gasteiger partial charge in [-0.2, -0.15) is 0 Å². The predicted octanol–water partition coefficient (Wildman–Crippen LogP) is 18.4. The maximum absolute atomic E-state index is 13.0. The summed E-state index contributed by atoms with van der Waals surface area (Å²) in [6, 6.07) is 0. The van der Waals surface area contributed by atoms with Gasteiger partial charge in [-0.25, -0.2) is 9.13 Å². The van der Waals surface area contributed by atoms with Crippen LogP contribution in [-0.2, 0) is 65.4 Å². The van der Waals surface area contributed by atoms with E-state index in [9.17, 15) is 43.2 Å². The Morgan fingerprint density at radius 1 is 0.341 bits per heavy atom. The maximum Gasteiger partial charge on any atom is 0.472 e. The lowest BCUT2D eigenvalue weighted by atomic mass is 9.99. The van der Waals surface area contributed by atoms with Gasteiger partial charge in [0.2, 0.25) is 0 Å². The second-order valence-electron chi connectivity index (χ2n) is 24.6. The third kappa shape index (κ3) is 59.5. The van der Waals surface area contributed by atoms with Gasteiger partial charge in [-0.05, 0) is 37.5 Å². The van der Waals surface area contributed by atoms with E-state index in [-0.39, 0.29) is 25.7 Å². The number of aliphatic hydroxyl groups excluding tert-OH is 1. The molecule has 0 radical (unpaired) electrons. The van der Waals surface area contributed by atoms with E-state index in [0.29, 0.717) is 25.7 Å². The van der Waals surface area contributed by atoms with Crippen molar-refractivity contribution in [1.82, 2.24) is 0 Å². The van der Waals surface area contributed by atoms with Gasteiger partial charge in [0.25, 0.3) is 0 Å². The minimum Gasteiger partial charge on any atom is -0.462 e. The summed E-state index contributed by atoms with van der Waals surface area (Å²) in [4.78, 5) is 72.0. The van der Waals surface area contributed by atoms with Crippen molar-refractivity contribution < 1.29 is 80.2 Å². The molecule has 504 valence electrons. The zero-order valence-corrected chi connectivity index (χ0v) is 56.7. The molecule has 0 spiro atoms. The zero-order chi connectivity index (χ0) is 62.9. The van der Waals surface area contributed by atoms with E-state index >= 15 is 0 Å². The second-order valence-corrected chi connectivity index (χ2v) is 27.5. The molecule has 0 saturated carbocycles. The minimum absolute atomic E-state index is 0.106. The summed E-state index contributed by atoms with van der Waals surface area (Å²) >= 11 is 0. The smallest absolute Gasteiger partial charge is 0.462 e. The van der Waals surface area contributed by atoms with Gasteiger partial charge in [-0.1, -0.05) is 279 Å². The summed E-state index contributed by atoms with van der Waals surface area (Å²) in [5.41, 5.74) is 0. The van der Waals surface area contributed by atoms with Crippen LogP contribution in [-0.4, -0.2) is 96.7 Å². The number of carbonyl (C=O) groups excluding carboxylic acids is 4. The van der Waals surface area contributed by atoms with Gasteiger partial charge < -0.3 is 33.8 Å². The average molecular weight is 1260 g/mol. The highest BCUT2D eigenvalue weighted by Gasteiger charge is 2.30. The average Bonchev–Trinajstić information content (AvgIpc) is 3.56. The number of unbranched alkanes of at least 4 members (excludes halogenated alkanes) is 34. The molecule has 6 atom stereocenters. The van der Waals surface area contributed by atoms with Crippen LogP contribution in [0.3, 0.4) is 0 Å². The minimum atomic E-state index is -4.95. The standard InChI is InChI=1S/C66H128O17P2/c1-7-10-12-14-15-16-21-25-32-38-44-50-65(70)82-61(54-76-63(68)48-42-34-13-11-8-2)56-80-84(72,73)78-52-60(67)53-79-85(74,75)81-57-62(55-77-64(69)49-43-37-31-28-27-29-35-40-46-58(4)5)83-66(71)51-45-39-33-26-23-20-18-17-19-22-24-30-36-41-47-59(6)9-3/h58-62,67H,7-57H2,1-6H3,(H,72,73)(H,74,75)/t59?,60-,61+,62+/m0/s1. The Bertz CT molecular complexity index is 1670. The van der Waals surface area contributed by atoms with Gasteiger partial charge >= 0.3 is 39.5 Å². The van der Waals surface area contributed by atoms with E-state index in [4.69, 9.17) is 37.0 Å². The zero-order valence-electron chi connectivity index (χ0n) is 54.9. The van der Waals surface area contributed by atoms with E-state index in [1.807, 2.05) is 0 Å². The number of esters is 4. The van der Waals surface area contributed by atoms with Crippen molar-refractivity contribution in [3.63, 3.8) is 0 Å². The van der Waals surface area contributed by atoms with Crippen molar-refractivity contribution in [2.75, 3.05) is 39.6 Å². The summed E-state index contributed by atoms with van der Waals surface area (Å²) in [7, 11) is -9.88. The number of rotatable bonds is 65. The van der Waals surface area contributed by atoms with Crippen molar-refractivity contribution in [2.45, 2.75) is 349 Å². The predicted molar refractivity (Wildman–Crippen MR) is 340 cm³/mol. The highest BCUT2D eigenvalue weighted by molar-refractivity contribution is 7.47. The lowest BCUT2D eigenvalue weighted by Gasteiger charge is -2.21. The number of phosphoric ester groups is 2. The Balaban J connectivity index is 5.15. The molecule has 0 fully saturated rings. The molecule has 19 heteroatoms. The van der Waals surface area contributed by atoms with Crippen molar-refractivity contribution in [1.29, 1.82) is 0 Å². The SMILES string of the molecule is CCCCCCCCCCCCCC(=O)O[C@H](COC(=O)CCCCCCC)COP(=O)(O)OC[C@H](O)COP(=O)(O)OC[C@@H](COC(=O)CCCCCCCCCCC(C)C)OC(=O)CCCCCCCCCCCCCCCCC(C)CC. The molecule has 3 N–H and O–H groups in total. The number of carbonyl (C=O) groups is 4. The first-order valence-electron chi connectivity index (χ1n) is 34.5. The Kier molecular flexibility index (Phi) is 57.1. The fourth-order valence-electron chi connectivity index (χ4n) is 9.85. The van der Waals surface area contributed by atoms with Crippen LogP contribution >= 0.6 is 15.6 Å². The summed E-state index contributed by atoms with van der Waals surface area (Å²) in [6.07, 6.45) is 42.0. The number of hydrogen-bond acceptors (Lipinski definition) is 15. The second kappa shape index (κ2) is 58.4. The van der Waals surface area contributed by atoms with Crippen molar-refractivity contribution >= 4 is 39.5 Å². The van der Waals surface area contributed by atoms with Crippen molar-refractivity contribution in [3.05, 3.63) is 0 Å². The lowest BCUT2D eigenvalue weighted by molar-refractivity contribution is -0.161. The molecule has 0 aliphatic rings. The van der Waals surface area contributed by atoms with Crippen LogP contribution in [0.15, 0.2) is 0 Å². The van der Waals surface area contributed by atoms with E-state index in [2.05, 4.69) is 41.5 Å². The molecule has 0 aliphatic heterocycles. The summed E-state index contributed by atoms with van der Waals surface area (Å²) in [5, 5.41) is 10.5. The highest BCUT2D eigenvalue weighted by atomic mass is 31.2. The monoisotopic (exact) mass is 1250 g/mol. The Labute approximate surface area is 517 Å². The Morgan fingerprint density at radius 2 is 0.600 bits per heavy atom. The van der Waals surface area contributed by atoms with Gasteiger partial charge in [0.15, 0.2) is 12.2 Å². The molecule has 0 bridgehead atoms. The first-order chi connectivity index (χ1) is 40.9. The van der Waals surface area contributed by atoms with Gasteiger partial charge in [0, 0.05) is 25.7 Å². The fraction of sp³-hybridized carbons (Fsp3) is 0.939. The van der Waals surface area contributed by atoms with Gasteiger partial charge in [-0.3, -0.25) is 37.3 Å². The van der Waals surface area contributed by atoms with E-state index in [0.717, 1.165) is 108 Å². The molecule has 0 aromatic rings. The third-order valence-electron chi connectivity index (χ3n) is 15.6. The maximum atomic E-state index is 13.0. The lowest BCUT2D eigenvalue weighted by Crippen LogP contribution is -2.30. The molecule has 0 aromatic heterocycles. The molecular weight excluding hydrogens is 1130 g/mol. The van der Waals surface area contributed by atoms with E-state index in [1.165, 1.54) is 141 Å². The topological polar surface area (TPSA) is 237 Å². The molecular formula is C66H128O17P2. The summed E-state index contributed by atoms with van der Waals surface area (Å²) < 4.78 is 67.9. The van der Waals surface area contributed by atoms with Crippen LogP contribution in [0.1, 0.15) is 330 Å². The number of ether oxygens (including phenoxy) is 4. The number of phosphoric acid groups is 2. The fourth-order valence-corrected chi connectivity index (χ4v) is 11.4. The number of aliphatic hydroxyl groups is 1. The molecule has 0 heterocycles. The third-order valence-corrected chi connectivity index (χ3v) is 17.5. The van der Waals surface area contributed by atoms with Crippen LogP contribution in [0.2, 0.25) is 0 Å². The molecule has 85 heavy (non-hydrogen) atoms. The van der Waals surface area contributed by atoms with E-state index in [1.54, 1.807) is 0 Å². The van der Waals surface area contributed by atoms with Crippen LogP contribution in [0.4, 0.5) is 0 Å². The highest BCUT2D eigenvalue weighted by Crippen LogP contribution is 2.45. The largest absolute Gasteiger partial charge is 0.472 e. The summed E-state index contributed by atoms with van der Waals surface area (Å²) in [6.45, 7) is 9.44. The van der Waals surface area contributed by atoms with Crippen LogP contribution in [0, 0.1) is 11.8 Å². The first kappa shape index (κ1) is 83.1. The van der Waals surface area contributed by atoms with E-state index < -0.39 is 97.5 Å².